The van der Waals surface area contributed by atoms with Crippen molar-refractivity contribution in [1.82, 2.24) is 10.2 Å². The van der Waals surface area contributed by atoms with E-state index in [9.17, 15) is 4.79 Å². The zero-order valence-corrected chi connectivity index (χ0v) is 10.6. The fraction of sp³-hybridized carbons (Fsp3) is 0.636. The third-order valence-corrected chi connectivity index (χ3v) is 3.64. The molecule has 1 aromatic heterocycles. The van der Waals surface area contributed by atoms with Crippen LogP contribution >= 0.6 is 0 Å². The molecule has 2 heterocycles. The number of aromatic amines is 1. The number of nitrogens with zero attached hydrogens (tertiary/aromatic N) is 1. The summed E-state index contributed by atoms with van der Waals surface area (Å²) < 4.78 is 11.5. The molecule has 0 aromatic carbocycles. The Kier molecular flexibility index (Phi) is 2.87. The summed E-state index contributed by atoms with van der Waals surface area (Å²) in [6, 6.07) is 1.62. The van der Waals surface area contributed by atoms with Crippen LogP contribution in [0.1, 0.15) is 27.7 Å². The summed E-state index contributed by atoms with van der Waals surface area (Å²) in [7, 11) is -0.621. The summed E-state index contributed by atoms with van der Waals surface area (Å²) in [5.41, 5.74) is -0.258. The second-order valence-corrected chi connectivity index (χ2v) is 5.50. The number of rotatable bonds is 1. The molecule has 1 aliphatic rings. The number of H-pyrrole nitrogens is 1. The molecule has 0 bridgehead atoms. The Morgan fingerprint density at radius 3 is 2.71 bits per heavy atom. The van der Waals surface area contributed by atoms with Crippen LogP contribution in [0.4, 0.5) is 0 Å². The van der Waals surface area contributed by atoms with Gasteiger partial charge in [-0.15, -0.1) is 0 Å². The average molecular weight is 236 g/mol. The van der Waals surface area contributed by atoms with Gasteiger partial charge in [0.2, 0.25) is 0 Å². The largest absolute Gasteiger partial charge is 0.500 e. The summed E-state index contributed by atoms with van der Waals surface area (Å²) in [5.74, 6) is 0. The maximum atomic E-state index is 11.6. The topological polar surface area (TPSA) is 64.2 Å². The van der Waals surface area contributed by atoms with Crippen molar-refractivity contribution in [2.45, 2.75) is 33.3 Å². The Balaban J connectivity index is 2.28. The van der Waals surface area contributed by atoms with E-state index in [0.29, 0.717) is 12.1 Å². The lowest BCUT2D eigenvalue weighted by atomic mass is 9.69. The maximum Gasteiger partial charge on any atom is 0.500 e. The van der Waals surface area contributed by atoms with Crippen molar-refractivity contribution < 1.29 is 9.31 Å². The van der Waals surface area contributed by atoms with Crippen LogP contribution in [0.25, 0.3) is 0 Å². The minimum Gasteiger partial charge on any atom is -0.406 e. The quantitative estimate of drug-likeness (QED) is 0.713. The normalized spacial score (nSPS) is 22.5. The first-order valence-corrected chi connectivity index (χ1v) is 5.66. The van der Waals surface area contributed by atoms with Gasteiger partial charge < -0.3 is 9.31 Å². The van der Waals surface area contributed by atoms with Crippen molar-refractivity contribution >= 4 is 12.6 Å². The van der Waals surface area contributed by atoms with Crippen LogP contribution in [-0.2, 0) is 9.31 Å². The molecular weight excluding hydrogens is 219 g/mol. The van der Waals surface area contributed by atoms with Gasteiger partial charge in [-0.05, 0) is 19.9 Å². The second kappa shape index (κ2) is 3.96. The standard InChI is InChI=1S/C11H17BN2O3/c1-10(2)7-16-12(17-11(10,3)4)8-5-6-13-14-9(8)15/h5-6H,7H2,1-4H3,(H,14,15). The van der Waals surface area contributed by atoms with Crippen molar-refractivity contribution in [1.29, 1.82) is 0 Å². The van der Waals surface area contributed by atoms with E-state index in [1.807, 2.05) is 13.8 Å². The van der Waals surface area contributed by atoms with Crippen LogP contribution < -0.4 is 11.0 Å². The van der Waals surface area contributed by atoms with E-state index in [2.05, 4.69) is 24.0 Å². The molecule has 17 heavy (non-hydrogen) atoms. The van der Waals surface area contributed by atoms with Crippen LogP contribution in [-0.4, -0.2) is 29.5 Å². The summed E-state index contributed by atoms with van der Waals surface area (Å²) in [6.07, 6.45) is 1.52. The fourth-order valence-electron chi connectivity index (χ4n) is 1.61. The smallest absolute Gasteiger partial charge is 0.406 e. The fourth-order valence-corrected chi connectivity index (χ4v) is 1.61. The van der Waals surface area contributed by atoms with Gasteiger partial charge >= 0.3 is 7.12 Å². The molecular formula is C11H17BN2O3. The molecule has 0 saturated carbocycles. The summed E-state index contributed by atoms with van der Waals surface area (Å²) in [5, 5.41) is 6.04. The predicted octanol–water partition coefficient (Wildman–Crippen LogP) is 0.317. The molecule has 0 atom stereocenters. The molecule has 1 saturated heterocycles. The van der Waals surface area contributed by atoms with Gasteiger partial charge in [-0.25, -0.2) is 5.10 Å². The first-order valence-electron chi connectivity index (χ1n) is 5.66. The maximum absolute atomic E-state index is 11.6. The molecule has 0 spiro atoms. The molecule has 0 radical (unpaired) electrons. The van der Waals surface area contributed by atoms with Crippen LogP contribution in [0.15, 0.2) is 17.1 Å². The summed E-state index contributed by atoms with van der Waals surface area (Å²) in [4.78, 5) is 11.6. The van der Waals surface area contributed by atoms with E-state index >= 15 is 0 Å². The van der Waals surface area contributed by atoms with E-state index in [-0.39, 0.29) is 16.6 Å². The van der Waals surface area contributed by atoms with Crippen LogP contribution in [0.3, 0.4) is 0 Å². The number of hydrogen-bond donors (Lipinski definition) is 1. The van der Waals surface area contributed by atoms with Gasteiger partial charge in [-0.2, -0.15) is 5.10 Å². The number of nitrogens with one attached hydrogen (secondary N) is 1. The lowest BCUT2D eigenvalue weighted by Gasteiger charge is -2.47. The van der Waals surface area contributed by atoms with Crippen molar-refractivity contribution in [3.05, 3.63) is 22.6 Å². The molecule has 0 amide bonds. The molecule has 1 aliphatic heterocycles. The van der Waals surface area contributed by atoms with Crippen molar-refractivity contribution in [2.24, 2.45) is 5.41 Å². The lowest BCUT2D eigenvalue weighted by Crippen LogP contribution is -2.60. The van der Waals surface area contributed by atoms with Crippen molar-refractivity contribution in [3.8, 4) is 0 Å². The van der Waals surface area contributed by atoms with Crippen LogP contribution in [0.2, 0.25) is 0 Å². The average Bonchev–Trinajstić information content (AvgIpc) is 2.23. The Hall–Kier alpha value is -1.14. The Labute approximate surface area is 101 Å². The highest BCUT2D eigenvalue weighted by atomic mass is 16.6. The minimum atomic E-state index is -0.621. The minimum absolute atomic E-state index is 0.0940. The van der Waals surface area contributed by atoms with E-state index in [4.69, 9.17) is 9.31 Å². The molecule has 5 nitrogen and oxygen atoms in total. The van der Waals surface area contributed by atoms with E-state index in [1.54, 1.807) is 6.07 Å². The third kappa shape index (κ3) is 2.15. The van der Waals surface area contributed by atoms with E-state index < -0.39 is 7.12 Å². The highest BCUT2D eigenvalue weighted by molar-refractivity contribution is 6.61. The molecule has 0 unspecified atom stereocenters. The molecule has 92 valence electrons. The predicted molar refractivity (Wildman–Crippen MR) is 65.1 cm³/mol. The van der Waals surface area contributed by atoms with Gasteiger partial charge in [0.15, 0.2) is 0 Å². The monoisotopic (exact) mass is 236 g/mol. The zero-order chi connectivity index (χ0) is 12.7. The highest BCUT2D eigenvalue weighted by Crippen LogP contribution is 2.37. The number of hydrogen-bond acceptors (Lipinski definition) is 4. The van der Waals surface area contributed by atoms with Gasteiger partial charge in [0.1, 0.15) is 0 Å². The van der Waals surface area contributed by atoms with Gasteiger partial charge in [0, 0.05) is 18.2 Å². The summed E-state index contributed by atoms with van der Waals surface area (Å²) in [6.45, 7) is 8.74. The Morgan fingerprint density at radius 2 is 2.12 bits per heavy atom. The number of aromatic nitrogens is 2. The van der Waals surface area contributed by atoms with E-state index in [1.165, 1.54) is 6.20 Å². The lowest BCUT2D eigenvalue weighted by molar-refractivity contribution is -0.0938. The molecule has 2 rings (SSSR count). The first kappa shape index (κ1) is 12.3. The Bertz CT molecular complexity index is 470. The van der Waals surface area contributed by atoms with Gasteiger partial charge in [-0.3, -0.25) is 4.79 Å². The van der Waals surface area contributed by atoms with Crippen LogP contribution in [0, 0.1) is 5.41 Å². The highest BCUT2D eigenvalue weighted by Gasteiger charge is 2.47. The van der Waals surface area contributed by atoms with Crippen LogP contribution in [0.5, 0.6) is 0 Å². The molecule has 1 fully saturated rings. The molecule has 0 aliphatic carbocycles. The van der Waals surface area contributed by atoms with E-state index in [0.717, 1.165) is 0 Å². The molecule has 1 aromatic rings. The van der Waals surface area contributed by atoms with Gasteiger partial charge in [-0.1, -0.05) is 13.8 Å². The zero-order valence-electron chi connectivity index (χ0n) is 10.6. The van der Waals surface area contributed by atoms with Gasteiger partial charge in [0.25, 0.3) is 5.56 Å². The Morgan fingerprint density at radius 1 is 1.41 bits per heavy atom. The SMILES string of the molecule is CC1(C)COB(c2ccn[nH]c2=O)OC1(C)C. The molecule has 6 heteroatoms. The third-order valence-electron chi connectivity index (χ3n) is 3.64. The molecule has 1 N–H and O–H groups in total. The second-order valence-electron chi connectivity index (χ2n) is 5.50. The van der Waals surface area contributed by atoms with Crippen molar-refractivity contribution in [3.63, 3.8) is 0 Å². The summed E-state index contributed by atoms with van der Waals surface area (Å²) >= 11 is 0. The van der Waals surface area contributed by atoms with Crippen molar-refractivity contribution in [2.75, 3.05) is 6.61 Å². The first-order chi connectivity index (χ1) is 7.83. The van der Waals surface area contributed by atoms with Gasteiger partial charge in [0.05, 0.1) is 11.1 Å².